The van der Waals surface area contributed by atoms with Crippen molar-refractivity contribution in [3.05, 3.63) is 47.2 Å². The first-order valence-corrected chi connectivity index (χ1v) is 8.98. The number of likely N-dealkylation sites (N-methyl/N-ethyl adjacent to an activating group) is 1. The van der Waals surface area contributed by atoms with Crippen LogP contribution in [0.4, 0.5) is 4.39 Å². The molecule has 0 aliphatic carbocycles. The number of aromatic nitrogens is 1. The molecule has 0 aliphatic heterocycles. The van der Waals surface area contributed by atoms with Crippen molar-refractivity contribution >= 4 is 29.2 Å². The molecule has 1 aromatic heterocycles. The highest BCUT2D eigenvalue weighted by Crippen LogP contribution is 2.24. The third-order valence-electron chi connectivity index (χ3n) is 3.28. The van der Waals surface area contributed by atoms with Crippen molar-refractivity contribution in [1.82, 2.24) is 15.2 Å². The Labute approximate surface area is 156 Å². The average molecular weight is 375 g/mol. The Morgan fingerprint density at radius 2 is 1.92 bits per heavy atom. The van der Waals surface area contributed by atoms with Gasteiger partial charge < -0.3 is 10.2 Å². The lowest BCUT2D eigenvalue weighted by Gasteiger charge is -2.22. The molecule has 7 heteroatoms. The van der Waals surface area contributed by atoms with E-state index < -0.39 is 0 Å². The van der Waals surface area contributed by atoms with Crippen LogP contribution in [0.15, 0.2) is 35.7 Å². The summed E-state index contributed by atoms with van der Waals surface area (Å²) in [5, 5.41) is 5.37. The number of halogens is 1. The van der Waals surface area contributed by atoms with Gasteiger partial charge in [-0.3, -0.25) is 9.59 Å². The van der Waals surface area contributed by atoms with E-state index in [-0.39, 0.29) is 29.7 Å². The third kappa shape index (κ3) is 6.07. The minimum atomic E-state index is -0.339. The Hall–Kier alpha value is -2.54. The first kappa shape index (κ1) is 19.8. The fourth-order valence-electron chi connectivity index (χ4n) is 2.12. The van der Waals surface area contributed by atoms with Crippen molar-refractivity contribution in [3.63, 3.8) is 0 Å². The van der Waals surface area contributed by atoms with Crippen LogP contribution in [-0.4, -0.2) is 40.8 Å². The van der Waals surface area contributed by atoms with Gasteiger partial charge in [0.25, 0.3) is 0 Å². The third-order valence-corrected chi connectivity index (χ3v) is 4.19. The largest absolute Gasteiger partial charge is 0.350 e. The molecular formula is C19H22FN3O2S. The van der Waals surface area contributed by atoms with Crippen molar-refractivity contribution in [1.29, 1.82) is 0 Å². The number of thiazole rings is 1. The molecule has 0 fully saturated rings. The highest BCUT2D eigenvalue weighted by atomic mass is 32.1. The predicted octanol–water partition coefficient (Wildman–Crippen LogP) is 3.34. The Morgan fingerprint density at radius 3 is 2.54 bits per heavy atom. The SMILES string of the molecule is CN(CC(=O)NC(C)(C)C)C(=O)/C=C/c1csc(-c2ccc(F)cc2)n1. The van der Waals surface area contributed by atoms with Gasteiger partial charge in [-0.25, -0.2) is 9.37 Å². The molecule has 0 aliphatic rings. The summed E-state index contributed by atoms with van der Waals surface area (Å²) in [6.07, 6.45) is 2.98. The first-order chi connectivity index (χ1) is 12.1. The van der Waals surface area contributed by atoms with Crippen LogP contribution in [-0.2, 0) is 9.59 Å². The number of carbonyl (C=O) groups is 2. The van der Waals surface area contributed by atoms with Gasteiger partial charge in [-0.05, 0) is 51.1 Å². The molecule has 0 unspecified atom stereocenters. The second-order valence-electron chi connectivity index (χ2n) is 6.91. The molecule has 2 aromatic rings. The predicted molar refractivity (Wildman–Crippen MR) is 102 cm³/mol. The van der Waals surface area contributed by atoms with Gasteiger partial charge in [-0.1, -0.05) is 0 Å². The van der Waals surface area contributed by atoms with Crippen molar-refractivity contribution in [2.75, 3.05) is 13.6 Å². The van der Waals surface area contributed by atoms with E-state index in [4.69, 9.17) is 0 Å². The maximum atomic E-state index is 13.0. The van der Waals surface area contributed by atoms with Crippen molar-refractivity contribution in [2.24, 2.45) is 0 Å². The van der Waals surface area contributed by atoms with Crippen LogP contribution < -0.4 is 5.32 Å². The molecule has 1 heterocycles. The number of benzene rings is 1. The Morgan fingerprint density at radius 1 is 1.27 bits per heavy atom. The van der Waals surface area contributed by atoms with E-state index in [0.29, 0.717) is 5.69 Å². The van der Waals surface area contributed by atoms with E-state index in [1.54, 1.807) is 25.3 Å². The summed E-state index contributed by atoms with van der Waals surface area (Å²) < 4.78 is 13.0. The zero-order valence-corrected chi connectivity index (χ0v) is 16.1. The molecule has 138 valence electrons. The molecule has 5 nitrogen and oxygen atoms in total. The molecule has 0 bridgehead atoms. The summed E-state index contributed by atoms with van der Waals surface area (Å²) in [5.41, 5.74) is 1.11. The minimum absolute atomic E-state index is 0.0155. The topological polar surface area (TPSA) is 62.3 Å². The number of hydrogen-bond acceptors (Lipinski definition) is 4. The number of carbonyl (C=O) groups excluding carboxylic acids is 2. The second-order valence-corrected chi connectivity index (χ2v) is 7.77. The summed E-state index contributed by atoms with van der Waals surface area (Å²) in [6, 6.07) is 6.09. The van der Waals surface area contributed by atoms with Crippen molar-refractivity contribution in [2.45, 2.75) is 26.3 Å². The van der Waals surface area contributed by atoms with Gasteiger partial charge in [-0.15, -0.1) is 11.3 Å². The van der Waals surface area contributed by atoms with Gasteiger partial charge in [-0.2, -0.15) is 0 Å². The van der Waals surface area contributed by atoms with Crippen LogP contribution in [0.1, 0.15) is 26.5 Å². The maximum Gasteiger partial charge on any atom is 0.246 e. The summed E-state index contributed by atoms with van der Waals surface area (Å²) in [4.78, 5) is 29.7. The summed E-state index contributed by atoms with van der Waals surface area (Å²) in [7, 11) is 1.57. The Kier molecular flexibility index (Phi) is 6.26. The second kappa shape index (κ2) is 8.23. The number of hydrogen-bond donors (Lipinski definition) is 1. The molecule has 0 spiro atoms. The standard InChI is InChI=1S/C19H22FN3O2S/c1-19(2,3)22-16(24)11-23(4)17(25)10-9-15-12-26-18(21-15)13-5-7-14(20)8-6-13/h5-10,12H,11H2,1-4H3,(H,22,24)/b10-9+. The van der Waals surface area contributed by atoms with Gasteiger partial charge in [0, 0.05) is 29.6 Å². The van der Waals surface area contributed by atoms with Gasteiger partial charge in [0.2, 0.25) is 11.8 Å². The number of rotatable bonds is 5. The highest BCUT2D eigenvalue weighted by molar-refractivity contribution is 7.13. The van der Waals surface area contributed by atoms with Gasteiger partial charge in [0.05, 0.1) is 12.2 Å². The molecule has 0 saturated carbocycles. The highest BCUT2D eigenvalue weighted by Gasteiger charge is 2.16. The zero-order chi connectivity index (χ0) is 19.3. The van der Waals surface area contributed by atoms with E-state index in [2.05, 4.69) is 10.3 Å². The maximum absolute atomic E-state index is 13.0. The summed E-state index contributed by atoms with van der Waals surface area (Å²) in [5.74, 6) is -0.797. The fraction of sp³-hybridized carbons (Fsp3) is 0.316. The van der Waals surface area contributed by atoms with Crippen molar-refractivity contribution < 1.29 is 14.0 Å². The minimum Gasteiger partial charge on any atom is -0.350 e. The number of amides is 2. The summed E-state index contributed by atoms with van der Waals surface area (Å²) in [6.45, 7) is 5.63. The van der Waals surface area contributed by atoms with E-state index in [1.807, 2.05) is 26.2 Å². The molecule has 0 atom stereocenters. The lowest BCUT2D eigenvalue weighted by atomic mass is 10.1. The lowest BCUT2D eigenvalue weighted by Crippen LogP contribution is -2.46. The van der Waals surface area contributed by atoms with Crippen LogP contribution in [0.2, 0.25) is 0 Å². The average Bonchev–Trinajstić information content (AvgIpc) is 3.00. The van der Waals surface area contributed by atoms with Gasteiger partial charge >= 0.3 is 0 Å². The van der Waals surface area contributed by atoms with E-state index in [1.165, 1.54) is 34.4 Å². The molecular weight excluding hydrogens is 353 g/mol. The zero-order valence-electron chi connectivity index (χ0n) is 15.2. The normalized spacial score (nSPS) is 11.6. The van der Waals surface area contributed by atoms with Crippen molar-refractivity contribution in [3.8, 4) is 10.6 Å². The Bertz CT molecular complexity index is 807. The van der Waals surface area contributed by atoms with Crippen LogP contribution in [0, 0.1) is 5.82 Å². The monoisotopic (exact) mass is 375 g/mol. The number of nitrogens with zero attached hydrogens (tertiary/aromatic N) is 2. The van der Waals surface area contributed by atoms with Crippen LogP contribution in [0.25, 0.3) is 16.6 Å². The van der Waals surface area contributed by atoms with E-state index in [0.717, 1.165) is 10.6 Å². The van der Waals surface area contributed by atoms with E-state index >= 15 is 0 Å². The first-order valence-electron chi connectivity index (χ1n) is 8.10. The fourth-order valence-corrected chi connectivity index (χ4v) is 2.92. The molecule has 0 saturated heterocycles. The quantitative estimate of drug-likeness (QED) is 0.816. The smallest absolute Gasteiger partial charge is 0.246 e. The molecule has 26 heavy (non-hydrogen) atoms. The van der Waals surface area contributed by atoms with Crippen LogP contribution >= 0.6 is 11.3 Å². The lowest BCUT2D eigenvalue weighted by molar-refractivity contribution is -0.131. The summed E-state index contributed by atoms with van der Waals surface area (Å²) >= 11 is 1.41. The molecule has 2 amide bonds. The molecule has 1 N–H and O–H groups in total. The number of nitrogens with one attached hydrogen (secondary N) is 1. The van der Waals surface area contributed by atoms with Gasteiger partial charge in [0.15, 0.2) is 0 Å². The molecule has 0 radical (unpaired) electrons. The van der Waals surface area contributed by atoms with Crippen LogP contribution in [0.3, 0.4) is 0 Å². The van der Waals surface area contributed by atoms with Gasteiger partial charge in [0.1, 0.15) is 10.8 Å². The molecule has 2 rings (SSSR count). The Balaban J connectivity index is 1.95. The van der Waals surface area contributed by atoms with E-state index in [9.17, 15) is 14.0 Å². The molecule has 1 aromatic carbocycles. The van der Waals surface area contributed by atoms with Crippen LogP contribution in [0.5, 0.6) is 0 Å².